The van der Waals surface area contributed by atoms with Crippen LogP contribution in [-0.2, 0) is 16.8 Å². The van der Waals surface area contributed by atoms with Crippen LogP contribution < -0.4 is 10.1 Å². The second kappa shape index (κ2) is 10.8. The average molecular weight is 456 g/mol. The van der Waals surface area contributed by atoms with Gasteiger partial charge in [0.05, 0.1) is 7.11 Å². The fraction of sp³-hybridized carbons (Fsp3) is 0.462. The van der Waals surface area contributed by atoms with Crippen molar-refractivity contribution < 1.29 is 18.7 Å². The first-order valence-electron chi connectivity index (χ1n) is 11.4. The Hall–Kier alpha value is -2.93. The normalized spacial score (nSPS) is 14.8. The number of nitrogens with zero attached hydrogens (tertiary/aromatic N) is 2. The summed E-state index contributed by atoms with van der Waals surface area (Å²) >= 11 is 0. The first-order chi connectivity index (χ1) is 15.7. The molecule has 2 amide bonds. The summed E-state index contributed by atoms with van der Waals surface area (Å²) in [6, 6.07) is 12.6. The lowest BCUT2D eigenvalue weighted by molar-refractivity contribution is -0.132. The Kier molecular flexibility index (Phi) is 8.08. The second-order valence-corrected chi connectivity index (χ2v) is 9.46. The van der Waals surface area contributed by atoms with Gasteiger partial charge in [-0.05, 0) is 40.8 Å². The van der Waals surface area contributed by atoms with Gasteiger partial charge in [0.1, 0.15) is 0 Å². The molecule has 1 heterocycles. The van der Waals surface area contributed by atoms with E-state index in [9.17, 15) is 14.0 Å². The van der Waals surface area contributed by atoms with Crippen molar-refractivity contribution in [2.75, 3.05) is 39.8 Å². The minimum atomic E-state index is -0.365. The summed E-state index contributed by atoms with van der Waals surface area (Å²) in [6.07, 6.45) is 0.273. The quantitative estimate of drug-likeness (QED) is 0.693. The molecule has 178 valence electrons. The van der Waals surface area contributed by atoms with Crippen LogP contribution in [0.3, 0.4) is 0 Å². The number of carbonyl (C=O) groups is 2. The number of benzene rings is 2. The van der Waals surface area contributed by atoms with Gasteiger partial charge in [0.15, 0.2) is 11.6 Å². The SMILES string of the molecule is COc1ccc(CN2CCN(C(=O)CCNC(=O)c3ccc(C(C)(C)C)cc3)CC2)cc1F. The Balaban J connectivity index is 1.39. The van der Waals surface area contributed by atoms with E-state index in [0.717, 1.165) is 18.7 Å². The zero-order chi connectivity index (χ0) is 24.0. The van der Waals surface area contributed by atoms with Crippen molar-refractivity contribution in [2.24, 2.45) is 0 Å². The maximum Gasteiger partial charge on any atom is 0.251 e. The zero-order valence-electron chi connectivity index (χ0n) is 20.0. The molecule has 1 aliphatic rings. The van der Waals surface area contributed by atoms with Crippen molar-refractivity contribution in [3.05, 3.63) is 65.0 Å². The van der Waals surface area contributed by atoms with Gasteiger partial charge in [0.2, 0.25) is 5.91 Å². The first-order valence-corrected chi connectivity index (χ1v) is 11.4. The van der Waals surface area contributed by atoms with Gasteiger partial charge in [-0.3, -0.25) is 14.5 Å². The molecule has 1 fully saturated rings. The Morgan fingerprint density at radius 2 is 1.70 bits per heavy atom. The topological polar surface area (TPSA) is 61.9 Å². The third-order valence-electron chi connectivity index (χ3n) is 5.98. The van der Waals surface area contributed by atoms with E-state index in [0.29, 0.717) is 31.7 Å². The number of nitrogens with one attached hydrogen (secondary N) is 1. The lowest BCUT2D eigenvalue weighted by atomic mass is 9.87. The Bertz CT molecular complexity index is 962. The molecule has 0 unspecified atom stereocenters. The van der Waals surface area contributed by atoms with Gasteiger partial charge in [-0.25, -0.2) is 4.39 Å². The van der Waals surface area contributed by atoms with Crippen molar-refractivity contribution in [1.29, 1.82) is 0 Å². The molecule has 6 nitrogen and oxygen atoms in total. The monoisotopic (exact) mass is 455 g/mol. The predicted octanol–water partition coefficient (Wildman–Crippen LogP) is 3.60. The number of amides is 2. The number of rotatable bonds is 7. The third kappa shape index (κ3) is 6.78. The summed E-state index contributed by atoms with van der Waals surface area (Å²) in [5.74, 6) is -0.257. The van der Waals surface area contributed by atoms with Gasteiger partial charge < -0.3 is 15.0 Å². The molecule has 0 aromatic heterocycles. The fourth-order valence-electron chi connectivity index (χ4n) is 3.89. The number of methoxy groups -OCH3 is 1. The van der Waals surface area contributed by atoms with Crippen LogP contribution >= 0.6 is 0 Å². The summed E-state index contributed by atoms with van der Waals surface area (Å²) in [5.41, 5.74) is 2.69. The van der Waals surface area contributed by atoms with E-state index in [1.807, 2.05) is 35.2 Å². The maximum atomic E-state index is 13.9. The van der Waals surface area contributed by atoms with Crippen molar-refractivity contribution in [1.82, 2.24) is 15.1 Å². The van der Waals surface area contributed by atoms with Gasteiger partial charge in [-0.15, -0.1) is 0 Å². The highest BCUT2D eigenvalue weighted by Gasteiger charge is 2.21. The molecule has 0 aliphatic carbocycles. The maximum absolute atomic E-state index is 13.9. The van der Waals surface area contributed by atoms with Crippen LogP contribution in [0.5, 0.6) is 5.75 Å². The lowest BCUT2D eigenvalue weighted by Crippen LogP contribution is -2.48. The molecule has 7 heteroatoms. The van der Waals surface area contributed by atoms with Crippen molar-refractivity contribution >= 4 is 11.8 Å². The minimum Gasteiger partial charge on any atom is -0.494 e. The number of ether oxygens (including phenoxy) is 1. The molecule has 0 spiro atoms. The molecule has 1 saturated heterocycles. The Morgan fingerprint density at radius 3 is 2.27 bits per heavy atom. The fourth-order valence-corrected chi connectivity index (χ4v) is 3.89. The minimum absolute atomic E-state index is 0.0357. The molecule has 2 aromatic carbocycles. The summed E-state index contributed by atoms with van der Waals surface area (Å²) in [6.45, 7) is 10.0. The lowest BCUT2D eigenvalue weighted by Gasteiger charge is -2.34. The molecular formula is C26H34FN3O3. The van der Waals surface area contributed by atoms with E-state index in [4.69, 9.17) is 4.74 Å². The molecule has 3 rings (SSSR count). The molecule has 0 radical (unpaired) electrons. The summed E-state index contributed by atoms with van der Waals surface area (Å²) in [7, 11) is 1.45. The molecule has 1 aliphatic heterocycles. The summed E-state index contributed by atoms with van der Waals surface area (Å²) in [5, 5.41) is 2.84. The average Bonchev–Trinajstić information content (AvgIpc) is 2.79. The van der Waals surface area contributed by atoms with Crippen molar-refractivity contribution in [3.63, 3.8) is 0 Å². The highest BCUT2D eigenvalue weighted by atomic mass is 19.1. The van der Waals surface area contributed by atoms with Gasteiger partial charge in [-0.2, -0.15) is 0 Å². The van der Waals surface area contributed by atoms with E-state index < -0.39 is 0 Å². The van der Waals surface area contributed by atoms with Gasteiger partial charge >= 0.3 is 0 Å². The number of piperazine rings is 1. The van der Waals surface area contributed by atoms with Gasteiger partial charge in [0.25, 0.3) is 5.91 Å². The molecule has 1 N–H and O–H groups in total. The molecule has 0 atom stereocenters. The largest absolute Gasteiger partial charge is 0.494 e. The Labute approximate surface area is 195 Å². The number of halogens is 1. The van der Waals surface area contributed by atoms with E-state index in [2.05, 4.69) is 31.0 Å². The zero-order valence-corrected chi connectivity index (χ0v) is 20.0. The van der Waals surface area contributed by atoms with Gasteiger partial charge in [0, 0.05) is 51.3 Å². The van der Waals surface area contributed by atoms with Crippen LogP contribution in [-0.4, -0.2) is 61.4 Å². The number of hydrogen-bond donors (Lipinski definition) is 1. The molecule has 33 heavy (non-hydrogen) atoms. The van der Waals surface area contributed by atoms with Crippen molar-refractivity contribution in [3.8, 4) is 5.75 Å². The Morgan fingerprint density at radius 1 is 1.03 bits per heavy atom. The highest BCUT2D eigenvalue weighted by Crippen LogP contribution is 2.22. The van der Waals surface area contributed by atoms with Crippen LogP contribution in [0.25, 0.3) is 0 Å². The molecule has 0 bridgehead atoms. The molecule has 2 aromatic rings. The number of hydrogen-bond acceptors (Lipinski definition) is 4. The summed E-state index contributed by atoms with van der Waals surface area (Å²) < 4.78 is 18.9. The van der Waals surface area contributed by atoms with Crippen LogP contribution in [0.1, 0.15) is 48.7 Å². The van der Waals surface area contributed by atoms with E-state index in [1.54, 1.807) is 6.07 Å². The van der Waals surface area contributed by atoms with E-state index in [-0.39, 0.29) is 35.2 Å². The predicted molar refractivity (Wildman–Crippen MR) is 127 cm³/mol. The van der Waals surface area contributed by atoms with Crippen LogP contribution in [0.2, 0.25) is 0 Å². The number of carbonyl (C=O) groups excluding carboxylic acids is 2. The van der Waals surface area contributed by atoms with E-state index in [1.165, 1.54) is 18.7 Å². The summed E-state index contributed by atoms with van der Waals surface area (Å²) in [4.78, 5) is 28.9. The molecular weight excluding hydrogens is 421 g/mol. The second-order valence-electron chi connectivity index (χ2n) is 9.46. The van der Waals surface area contributed by atoms with Gasteiger partial charge in [-0.1, -0.05) is 39.0 Å². The standard InChI is InChI=1S/C26H34FN3O3/c1-26(2,3)21-8-6-20(7-9-21)25(32)28-12-11-24(31)30-15-13-29(14-16-30)18-19-5-10-23(33-4)22(27)17-19/h5-10,17H,11-16,18H2,1-4H3,(H,28,32). The van der Waals surface area contributed by atoms with Crippen LogP contribution in [0.15, 0.2) is 42.5 Å². The third-order valence-corrected chi connectivity index (χ3v) is 5.98. The smallest absolute Gasteiger partial charge is 0.251 e. The van der Waals surface area contributed by atoms with Crippen LogP contribution in [0, 0.1) is 5.82 Å². The van der Waals surface area contributed by atoms with Crippen LogP contribution in [0.4, 0.5) is 4.39 Å². The molecule has 0 saturated carbocycles. The highest BCUT2D eigenvalue weighted by molar-refractivity contribution is 5.94. The van der Waals surface area contributed by atoms with E-state index >= 15 is 0 Å². The van der Waals surface area contributed by atoms with Crippen molar-refractivity contribution in [2.45, 2.75) is 39.2 Å². The first kappa shape index (κ1) is 24.7.